The van der Waals surface area contributed by atoms with E-state index in [0.717, 1.165) is 0 Å². The number of sulfonamides is 1. The van der Waals surface area contributed by atoms with Gasteiger partial charge in [-0.3, -0.25) is 14.4 Å². The maximum atomic E-state index is 12.4. The molecular weight excluding hydrogens is 346 g/mol. The van der Waals surface area contributed by atoms with Crippen LogP contribution in [0.2, 0.25) is 0 Å². The maximum absolute atomic E-state index is 12.4. The summed E-state index contributed by atoms with van der Waals surface area (Å²) in [5.41, 5.74) is 1.14. The average molecular weight is 359 g/mol. The molecule has 1 atom stereocenters. The van der Waals surface area contributed by atoms with Gasteiger partial charge >= 0.3 is 0 Å². The lowest BCUT2D eigenvalue weighted by Crippen LogP contribution is -2.31. The molecule has 2 aromatic rings. The zero-order valence-electron chi connectivity index (χ0n) is 12.7. The first-order chi connectivity index (χ1) is 11.8. The van der Waals surface area contributed by atoms with E-state index >= 15 is 0 Å². The molecule has 0 bridgehead atoms. The molecule has 25 heavy (non-hydrogen) atoms. The smallest absolute Gasteiger partial charge is 0.292 e. The van der Waals surface area contributed by atoms with Gasteiger partial charge in [0, 0.05) is 11.4 Å². The summed E-state index contributed by atoms with van der Waals surface area (Å²) in [6.07, 6.45) is 0. The van der Waals surface area contributed by atoms with Crippen LogP contribution >= 0.6 is 0 Å². The van der Waals surface area contributed by atoms with Gasteiger partial charge in [0.05, 0.1) is 4.90 Å². The van der Waals surface area contributed by atoms with Gasteiger partial charge in [-0.25, -0.2) is 13.6 Å². The highest BCUT2D eigenvalue weighted by Gasteiger charge is 2.39. The molecule has 0 aliphatic carbocycles. The molecule has 1 unspecified atom stereocenters. The minimum Gasteiger partial charge on any atom is -0.325 e. The van der Waals surface area contributed by atoms with Crippen molar-refractivity contribution in [3.8, 4) is 0 Å². The van der Waals surface area contributed by atoms with Gasteiger partial charge in [-0.2, -0.15) is 0 Å². The lowest BCUT2D eigenvalue weighted by Gasteiger charge is -2.09. The van der Waals surface area contributed by atoms with Crippen LogP contribution in [0, 0.1) is 0 Å². The summed E-state index contributed by atoms with van der Waals surface area (Å²) in [4.78, 5) is 36.4. The molecule has 0 spiro atoms. The van der Waals surface area contributed by atoms with Crippen molar-refractivity contribution in [2.75, 3.05) is 10.6 Å². The van der Waals surface area contributed by atoms with E-state index in [9.17, 15) is 22.8 Å². The van der Waals surface area contributed by atoms with Crippen molar-refractivity contribution in [1.29, 1.82) is 0 Å². The second-order valence-electron chi connectivity index (χ2n) is 5.40. The van der Waals surface area contributed by atoms with Crippen molar-refractivity contribution in [3.05, 3.63) is 54.1 Å². The largest absolute Gasteiger partial charge is 0.325 e. The van der Waals surface area contributed by atoms with E-state index in [1.807, 2.05) is 0 Å². The summed E-state index contributed by atoms with van der Waals surface area (Å²) in [7, 11) is -3.85. The van der Waals surface area contributed by atoms with E-state index in [1.54, 1.807) is 24.3 Å². The highest BCUT2D eigenvalue weighted by Crippen LogP contribution is 2.32. The van der Waals surface area contributed by atoms with E-state index in [4.69, 9.17) is 5.14 Å². The fourth-order valence-corrected chi connectivity index (χ4v) is 3.04. The molecule has 0 fully saturated rings. The molecule has 2 aromatic carbocycles. The number of carbonyl (C=O) groups is 3. The molecule has 1 aliphatic heterocycles. The van der Waals surface area contributed by atoms with E-state index in [-0.39, 0.29) is 10.6 Å². The second-order valence-corrected chi connectivity index (χ2v) is 6.96. The van der Waals surface area contributed by atoms with Gasteiger partial charge < -0.3 is 10.6 Å². The summed E-state index contributed by atoms with van der Waals surface area (Å²) < 4.78 is 22.4. The quantitative estimate of drug-likeness (QED) is 0.542. The number of Topliss-reactive ketones (excluding diaryl/α,β-unsaturated/α-hetero) is 1. The van der Waals surface area contributed by atoms with Crippen LogP contribution in [0.5, 0.6) is 0 Å². The van der Waals surface area contributed by atoms with Crippen LogP contribution < -0.4 is 15.8 Å². The van der Waals surface area contributed by atoms with Gasteiger partial charge in [-0.1, -0.05) is 18.2 Å². The molecule has 0 radical (unpaired) electrons. The van der Waals surface area contributed by atoms with Crippen LogP contribution in [0.15, 0.2) is 53.4 Å². The number of para-hydroxylation sites is 1. The van der Waals surface area contributed by atoms with Gasteiger partial charge in [-0.05, 0) is 35.9 Å². The Labute approximate surface area is 143 Å². The summed E-state index contributed by atoms with van der Waals surface area (Å²) in [5.74, 6) is -3.65. The van der Waals surface area contributed by atoms with Crippen LogP contribution in [-0.2, 0) is 24.4 Å². The average Bonchev–Trinajstić information content (AvgIpc) is 2.89. The van der Waals surface area contributed by atoms with Crippen LogP contribution in [0.4, 0.5) is 11.4 Å². The minimum absolute atomic E-state index is 0.124. The lowest BCUT2D eigenvalue weighted by atomic mass is 9.95. The number of nitrogens with one attached hydrogen (secondary N) is 2. The molecule has 1 aliphatic rings. The molecule has 2 amide bonds. The lowest BCUT2D eigenvalue weighted by molar-refractivity contribution is -0.138. The van der Waals surface area contributed by atoms with Crippen LogP contribution in [-0.4, -0.2) is 26.0 Å². The van der Waals surface area contributed by atoms with Gasteiger partial charge in [0.25, 0.3) is 5.91 Å². The zero-order valence-corrected chi connectivity index (χ0v) is 13.5. The number of hydrogen-bond donors (Lipinski definition) is 3. The van der Waals surface area contributed by atoms with E-state index in [0.29, 0.717) is 11.3 Å². The number of rotatable bonds is 4. The van der Waals surface area contributed by atoms with E-state index in [1.165, 1.54) is 24.3 Å². The normalized spacial score (nSPS) is 16.0. The molecular formula is C16H13N3O5S. The third-order valence-electron chi connectivity index (χ3n) is 3.72. The minimum atomic E-state index is -3.85. The Morgan fingerprint density at radius 2 is 1.68 bits per heavy atom. The van der Waals surface area contributed by atoms with Gasteiger partial charge in [0.2, 0.25) is 21.7 Å². The molecule has 0 saturated heterocycles. The third-order valence-corrected chi connectivity index (χ3v) is 4.65. The number of nitrogens with two attached hydrogens (primary N) is 1. The standard InChI is InChI=1S/C16H13N3O5S/c17-25(23,24)10-7-5-9(6-8-10)18-16(22)14(20)13-11-3-1-2-4-12(11)19-15(13)21/h1-8,13H,(H,18,22)(H,19,21)(H2,17,23,24). The zero-order chi connectivity index (χ0) is 18.2. The topological polar surface area (TPSA) is 135 Å². The first-order valence-electron chi connectivity index (χ1n) is 7.15. The monoisotopic (exact) mass is 359 g/mol. The van der Waals surface area contributed by atoms with Crippen LogP contribution in [0.25, 0.3) is 0 Å². The summed E-state index contributed by atoms with van der Waals surface area (Å²) in [6.45, 7) is 0. The Hall–Kier alpha value is -3.04. The SMILES string of the molecule is NS(=O)(=O)c1ccc(NC(=O)C(=O)C2C(=O)Nc3ccccc32)cc1. The number of anilines is 2. The molecule has 8 nitrogen and oxygen atoms in total. The Balaban J connectivity index is 1.78. The highest BCUT2D eigenvalue weighted by molar-refractivity contribution is 7.89. The second kappa shape index (κ2) is 6.11. The predicted octanol–water partition coefficient (Wildman–Crippen LogP) is 0.577. The van der Waals surface area contributed by atoms with Crippen molar-refractivity contribution >= 4 is 39.0 Å². The summed E-state index contributed by atoms with van der Waals surface area (Å²) in [6, 6.07) is 11.6. The Bertz CT molecular complexity index is 983. The predicted molar refractivity (Wildman–Crippen MR) is 89.3 cm³/mol. The van der Waals surface area contributed by atoms with Crippen molar-refractivity contribution < 1.29 is 22.8 Å². The van der Waals surface area contributed by atoms with Crippen LogP contribution in [0.1, 0.15) is 11.5 Å². The summed E-state index contributed by atoms with van der Waals surface area (Å²) in [5, 5.41) is 9.88. The fourth-order valence-electron chi connectivity index (χ4n) is 2.52. The molecule has 9 heteroatoms. The van der Waals surface area contributed by atoms with Gasteiger partial charge in [0.15, 0.2) is 0 Å². The Kier molecular flexibility index (Phi) is 4.11. The molecule has 0 aromatic heterocycles. The van der Waals surface area contributed by atoms with Crippen molar-refractivity contribution in [1.82, 2.24) is 0 Å². The number of carbonyl (C=O) groups excluding carboxylic acids is 3. The van der Waals surface area contributed by atoms with Crippen molar-refractivity contribution in [2.45, 2.75) is 10.8 Å². The molecule has 1 heterocycles. The fraction of sp³-hybridized carbons (Fsp3) is 0.0625. The van der Waals surface area contributed by atoms with Crippen LogP contribution in [0.3, 0.4) is 0 Å². The van der Waals surface area contributed by atoms with Gasteiger partial charge in [0.1, 0.15) is 5.92 Å². The van der Waals surface area contributed by atoms with E-state index in [2.05, 4.69) is 10.6 Å². The Morgan fingerprint density at radius 3 is 2.32 bits per heavy atom. The number of hydrogen-bond acceptors (Lipinski definition) is 5. The van der Waals surface area contributed by atoms with Crippen molar-refractivity contribution in [2.24, 2.45) is 5.14 Å². The Morgan fingerprint density at radius 1 is 1.04 bits per heavy atom. The highest BCUT2D eigenvalue weighted by atomic mass is 32.2. The number of ketones is 1. The third kappa shape index (κ3) is 3.28. The van der Waals surface area contributed by atoms with E-state index < -0.39 is 33.5 Å². The molecule has 4 N–H and O–H groups in total. The first-order valence-corrected chi connectivity index (χ1v) is 8.70. The molecule has 0 saturated carbocycles. The molecule has 128 valence electrons. The molecule has 3 rings (SSSR count). The number of fused-ring (bicyclic) bond motifs is 1. The number of primary sulfonamides is 1. The first kappa shape index (κ1) is 16.8. The number of amides is 2. The maximum Gasteiger partial charge on any atom is 0.292 e. The summed E-state index contributed by atoms with van der Waals surface area (Å²) >= 11 is 0. The van der Waals surface area contributed by atoms with Crippen molar-refractivity contribution in [3.63, 3.8) is 0 Å². The van der Waals surface area contributed by atoms with Gasteiger partial charge in [-0.15, -0.1) is 0 Å². The number of benzene rings is 2.